The first kappa shape index (κ1) is 48.9. The van der Waals surface area contributed by atoms with Crippen molar-refractivity contribution in [1.82, 2.24) is 0 Å². The molecule has 0 aromatic heterocycles. The smallest absolute Gasteiger partial charge is 0.0314 e. The summed E-state index contributed by atoms with van der Waals surface area (Å²) in [4.78, 5) is 0. The van der Waals surface area contributed by atoms with Crippen molar-refractivity contribution in [3.8, 4) is 0 Å². The third kappa shape index (κ3) is 20.2. The van der Waals surface area contributed by atoms with Crippen LogP contribution >= 0.6 is 0 Å². The lowest BCUT2D eigenvalue weighted by atomic mass is 9.53. The van der Waals surface area contributed by atoms with Gasteiger partial charge >= 0.3 is 0 Å². The lowest BCUT2D eigenvalue weighted by Crippen LogP contribution is -2.55. The van der Waals surface area contributed by atoms with Crippen molar-refractivity contribution < 1.29 is 0 Å². The van der Waals surface area contributed by atoms with Crippen molar-refractivity contribution in [1.29, 1.82) is 0 Å². The highest BCUT2D eigenvalue weighted by Crippen LogP contribution is 2.56. The van der Waals surface area contributed by atoms with E-state index in [0.29, 0.717) is 0 Å². The van der Waals surface area contributed by atoms with Gasteiger partial charge in [0, 0.05) is 17.1 Å². The first-order chi connectivity index (χ1) is 26.5. The third-order valence-electron chi connectivity index (χ3n) is 13.6. The maximum atomic E-state index is 7.98. The van der Waals surface area contributed by atoms with Crippen LogP contribution in [0.15, 0.2) is 30.3 Å². The molecule has 1 aliphatic rings. The van der Waals surface area contributed by atoms with Gasteiger partial charge in [-0.1, -0.05) is 251 Å². The Kier molecular flexibility index (Phi) is 28.7. The summed E-state index contributed by atoms with van der Waals surface area (Å²) in [5.41, 5.74) is 18.4. The zero-order valence-corrected chi connectivity index (χ0v) is 37.3. The van der Waals surface area contributed by atoms with Gasteiger partial charge in [0.25, 0.3) is 0 Å². The maximum absolute atomic E-state index is 7.98. The summed E-state index contributed by atoms with van der Waals surface area (Å²) in [6, 6.07) is 9.19. The van der Waals surface area contributed by atoms with Gasteiger partial charge in [-0.05, 0) is 60.8 Å². The second-order valence-corrected chi connectivity index (χ2v) is 18.4. The van der Waals surface area contributed by atoms with Crippen LogP contribution in [0.4, 0.5) is 5.69 Å². The number of hydrogen-bond donors (Lipinski definition) is 2. The lowest BCUT2D eigenvalue weighted by molar-refractivity contribution is 0.0692. The van der Waals surface area contributed by atoms with Crippen LogP contribution in [0.25, 0.3) is 5.57 Å². The monoisotopic (exact) mass is 749 g/mol. The molecule has 4 N–H and O–H groups in total. The number of nitrogens with two attached hydrogens (primary N) is 2. The molecule has 2 nitrogen and oxygen atoms in total. The second kappa shape index (κ2) is 31.8. The number of benzene rings is 1. The Labute approximate surface area is 339 Å². The zero-order valence-electron chi connectivity index (χ0n) is 37.3. The number of anilines is 1. The van der Waals surface area contributed by atoms with Crippen molar-refractivity contribution in [3.63, 3.8) is 0 Å². The molecule has 0 amide bonds. The standard InChI is InChI=1S/C52H96N2/c1-5-9-13-17-21-25-29-33-41-51(42-34-30-26-22-18-14-10-6-2)45-48(47-37-39-49(53)40-38-47)46-52(50(51)54,43-35-31-27-23-19-15-11-7-3)44-36-32-28-24-20-16-12-8-4/h37-40,45,50H,5-36,41-44,46,53-54H2,1-4H3. The van der Waals surface area contributed by atoms with Crippen LogP contribution < -0.4 is 11.5 Å². The Morgan fingerprint density at radius 1 is 0.426 bits per heavy atom. The quantitative estimate of drug-likeness (QED) is 0.0526. The minimum Gasteiger partial charge on any atom is -0.399 e. The van der Waals surface area contributed by atoms with Gasteiger partial charge in [0.05, 0.1) is 0 Å². The second-order valence-electron chi connectivity index (χ2n) is 18.4. The van der Waals surface area contributed by atoms with Crippen LogP contribution in [0.2, 0.25) is 0 Å². The summed E-state index contributed by atoms with van der Waals surface area (Å²) in [5, 5.41) is 0. The fraction of sp³-hybridized carbons (Fsp3) is 0.846. The topological polar surface area (TPSA) is 52.0 Å². The number of rotatable bonds is 37. The summed E-state index contributed by atoms with van der Waals surface area (Å²) in [6.45, 7) is 9.31. The molecule has 1 atom stereocenters. The predicted octanol–water partition coefficient (Wildman–Crippen LogP) is 17.5. The Balaban J connectivity index is 2.35. The Morgan fingerprint density at radius 2 is 0.722 bits per heavy atom. The van der Waals surface area contributed by atoms with E-state index in [1.165, 1.54) is 237 Å². The van der Waals surface area contributed by atoms with Crippen LogP contribution in [0.3, 0.4) is 0 Å². The summed E-state index contributed by atoms with van der Waals surface area (Å²) in [6.07, 6.45) is 53.4. The van der Waals surface area contributed by atoms with Crippen molar-refractivity contribution in [2.45, 2.75) is 271 Å². The molecular formula is C52H96N2. The van der Waals surface area contributed by atoms with Crippen molar-refractivity contribution in [2.75, 3.05) is 5.73 Å². The molecule has 1 aliphatic carbocycles. The third-order valence-corrected chi connectivity index (χ3v) is 13.6. The van der Waals surface area contributed by atoms with Crippen LogP contribution in [0.1, 0.15) is 271 Å². The van der Waals surface area contributed by atoms with E-state index in [1.54, 1.807) is 5.57 Å². The molecule has 2 heteroatoms. The molecule has 0 radical (unpaired) electrons. The first-order valence-corrected chi connectivity index (χ1v) is 24.8. The van der Waals surface area contributed by atoms with Gasteiger partial charge < -0.3 is 11.5 Å². The average Bonchev–Trinajstić information content (AvgIpc) is 3.18. The highest BCUT2D eigenvalue weighted by Gasteiger charge is 2.50. The molecular weight excluding hydrogens is 653 g/mol. The molecule has 0 saturated heterocycles. The van der Waals surface area contributed by atoms with E-state index >= 15 is 0 Å². The van der Waals surface area contributed by atoms with Crippen molar-refractivity contribution >= 4 is 11.3 Å². The Bertz CT molecular complexity index is 968. The van der Waals surface area contributed by atoms with E-state index in [1.807, 2.05) is 0 Å². The van der Waals surface area contributed by atoms with Gasteiger partial charge in [0.15, 0.2) is 0 Å². The first-order valence-electron chi connectivity index (χ1n) is 24.8. The molecule has 0 fully saturated rings. The Morgan fingerprint density at radius 3 is 1.06 bits per heavy atom. The van der Waals surface area contributed by atoms with Gasteiger partial charge in [-0.25, -0.2) is 0 Å². The van der Waals surface area contributed by atoms with Gasteiger partial charge in [-0.2, -0.15) is 0 Å². The highest BCUT2D eigenvalue weighted by molar-refractivity contribution is 5.69. The van der Waals surface area contributed by atoms with Crippen molar-refractivity contribution in [3.05, 3.63) is 35.9 Å². The van der Waals surface area contributed by atoms with Gasteiger partial charge in [-0.3, -0.25) is 0 Å². The fourth-order valence-corrected chi connectivity index (χ4v) is 10.1. The maximum Gasteiger partial charge on any atom is 0.0314 e. The molecule has 0 heterocycles. The normalized spacial score (nSPS) is 16.5. The van der Waals surface area contributed by atoms with Crippen LogP contribution in [-0.4, -0.2) is 6.04 Å². The molecule has 1 unspecified atom stereocenters. The molecule has 314 valence electrons. The van der Waals surface area contributed by atoms with E-state index in [-0.39, 0.29) is 16.9 Å². The Hall–Kier alpha value is -1.28. The molecule has 1 aromatic rings. The lowest BCUT2D eigenvalue weighted by Gasteiger charge is -2.53. The van der Waals surface area contributed by atoms with Crippen LogP contribution in [0, 0.1) is 10.8 Å². The van der Waals surface area contributed by atoms with Crippen LogP contribution in [-0.2, 0) is 0 Å². The molecule has 54 heavy (non-hydrogen) atoms. The summed E-state index contributed by atoms with van der Waals surface area (Å²) >= 11 is 0. The van der Waals surface area contributed by atoms with Gasteiger partial charge in [0.2, 0.25) is 0 Å². The summed E-state index contributed by atoms with van der Waals surface area (Å²) in [7, 11) is 0. The molecule has 0 spiro atoms. The number of unbranched alkanes of at least 4 members (excludes halogenated alkanes) is 28. The van der Waals surface area contributed by atoms with Gasteiger partial charge in [0.1, 0.15) is 0 Å². The van der Waals surface area contributed by atoms with E-state index in [0.717, 1.165) is 12.1 Å². The number of hydrogen-bond acceptors (Lipinski definition) is 2. The predicted molar refractivity (Wildman–Crippen MR) is 245 cm³/mol. The van der Waals surface area contributed by atoms with Crippen molar-refractivity contribution in [2.24, 2.45) is 16.6 Å². The van der Waals surface area contributed by atoms with E-state index in [9.17, 15) is 0 Å². The van der Waals surface area contributed by atoms with Gasteiger partial charge in [-0.15, -0.1) is 0 Å². The van der Waals surface area contributed by atoms with E-state index in [4.69, 9.17) is 11.5 Å². The van der Waals surface area contributed by atoms with E-state index < -0.39 is 0 Å². The minimum atomic E-state index is 0.0969. The number of allylic oxidation sites excluding steroid dienone is 1. The molecule has 0 bridgehead atoms. The highest BCUT2D eigenvalue weighted by atomic mass is 14.8. The summed E-state index contributed by atoms with van der Waals surface area (Å²) in [5.74, 6) is 0. The number of nitrogen functional groups attached to an aromatic ring is 1. The molecule has 0 saturated carbocycles. The fourth-order valence-electron chi connectivity index (χ4n) is 10.1. The molecule has 0 aliphatic heterocycles. The van der Waals surface area contributed by atoms with Crippen LogP contribution in [0.5, 0.6) is 0 Å². The zero-order chi connectivity index (χ0) is 39.0. The summed E-state index contributed by atoms with van der Waals surface area (Å²) < 4.78 is 0. The largest absolute Gasteiger partial charge is 0.399 e. The molecule has 1 aromatic carbocycles. The minimum absolute atomic E-state index is 0.0969. The SMILES string of the molecule is CCCCCCCCCCC1(CCCCCCCCCC)C=C(c2ccc(N)cc2)CC(CCCCCCCCCC)(CCCCCCCCCC)C1N. The average molecular weight is 749 g/mol. The van der Waals surface area contributed by atoms with E-state index in [2.05, 4.69) is 58.0 Å². The molecule has 2 rings (SSSR count).